The fourth-order valence-electron chi connectivity index (χ4n) is 12.7. The summed E-state index contributed by atoms with van der Waals surface area (Å²) in [5.74, 6) is 0. The number of hydrogen-bond acceptors (Lipinski definition) is 0. The molecule has 76 heavy (non-hydrogen) atoms. The molecule has 0 bridgehead atoms. The topological polar surface area (TPSA) is 0 Å². The molecule has 0 unspecified atom stereocenters. The van der Waals surface area contributed by atoms with E-state index in [0.717, 1.165) is 0 Å². The van der Waals surface area contributed by atoms with Crippen molar-refractivity contribution in [3.63, 3.8) is 0 Å². The molecule has 16 aromatic carbocycles. The van der Waals surface area contributed by atoms with Crippen LogP contribution < -0.4 is 0 Å². The Morgan fingerprint density at radius 2 is 0.395 bits per heavy atom. The van der Waals surface area contributed by atoms with E-state index in [4.69, 9.17) is 0 Å². The Kier molecular flexibility index (Phi) is 9.44. The molecule has 16 rings (SSSR count). The van der Waals surface area contributed by atoms with Crippen LogP contribution in [0.2, 0.25) is 0 Å². The van der Waals surface area contributed by atoms with Crippen LogP contribution in [0.1, 0.15) is 0 Å². The molecule has 0 aliphatic carbocycles. The van der Waals surface area contributed by atoms with E-state index in [2.05, 4.69) is 279 Å². The van der Waals surface area contributed by atoms with E-state index in [1.165, 1.54) is 164 Å². The summed E-state index contributed by atoms with van der Waals surface area (Å²) in [6.45, 7) is 0. The monoisotopic (exact) mass is 958 g/mol. The van der Waals surface area contributed by atoms with Gasteiger partial charge in [-0.1, -0.05) is 261 Å². The first-order valence-corrected chi connectivity index (χ1v) is 26.5. The minimum absolute atomic E-state index is 1.20. The van der Waals surface area contributed by atoms with E-state index in [-0.39, 0.29) is 0 Å². The second-order valence-electron chi connectivity index (χ2n) is 20.7. The van der Waals surface area contributed by atoms with Crippen molar-refractivity contribution in [2.24, 2.45) is 0 Å². The van der Waals surface area contributed by atoms with Gasteiger partial charge in [0, 0.05) is 0 Å². The highest BCUT2D eigenvalue weighted by Crippen LogP contribution is 2.45. The summed E-state index contributed by atoms with van der Waals surface area (Å²) in [5, 5.41) is 20.7. The average molecular weight is 959 g/mol. The average Bonchev–Trinajstić information content (AvgIpc) is 3.50. The van der Waals surface area contributed by atoms with E-state index in [1.54, 1.807) is 0 Å². The van der Waals surface area contributed by atoms with Crippen LogP contribution in [-0.2, 0) is 0 Å². The van der Waals surface area contributed by atoms with E-state index in [1.807, 2.05) is 0 Å². The first kappa shape index (κ1) is 42.6. The fourth-order valence-corrected chi connectivity index (χ4v) is 12.7. The molecule has 0 saturated carbocycles. The van der Waals surface area contributed by atoms with E-state index in [9.17, 15) is 0 Å². The van der Waals surface area contributed by atoms with Crippen molar-refractivity contribution in [3.05, 3.63) is 279 Å². The zero-order valence-electron chi connectivity index (χ0n) is 41.6. The molecule has 0 saturated heterocycles. The van der Waals surface area contributed by atoms with Crippen molar-refractivity contribution in [2.45, 2.75) is 0 Å². The molecular formula is C76H46. The number of hydrogen-bond donors (Lipinski definition) is 0. The molecule has 0 aliphatic rings. The number of benzene rings is 16. The van der Waals surface area contributed by atoms with Crippen molar-refractivity contribution < 1.29 is 0 Å². The van der Waals surface area contributed by atoms with Crippen LogP contribution in [0.3, 0.4) is 0 Å². The minimum Gasteiger partial charge on any atom is -0.0616 e. The summed E-state index contributed by atoms with van der Waals surface area (Å²) in [6, 6.07) is 104. The molecule has 0 amide bonds. The first-order valence-electron chi connectivity index (χ1n) is 26.5. The van der Waals surface area contributed by atoms with Gasteiger partial charge in [0.25, 0.3) is 0 Å². The summed E-state index contributed by atoms with van der Waals surface area (Å²) >= 11 is 0. The van der Waals surface area contributed by atoms with Gasteiger partial charge in [-0.3, -0.25) is 0 Å². The second-order valence-corrected chi connectivity index (χ2v) is 20.7. The highest BCUT2D eigenvalue weighted by molar-refractivity contribution is 6.29. The molecule has 0 radical (unpaired) electrons. The van der Waals surface area contributed by atoms with Crippen LogP contribution in [0.25, 0.3) is 164 Å². The first-order chi connectivity index (χ1) is 37.6. The Balaban J connectivity index is 0.669. The standard InChI is InChI=1S/C76H46/c1-3-8-59-45-63(26-20-47(59)6-1)67-38-30-57-32-40-69-65(36-28-55-34-42-71(67)75(57)73(55)69)53-22-16-50(17-23-53)49-12-14-51(15-13-49)61-10-5-11-62(44-61)52-18-24-54(25-19-52)66-37-29-56-35-43-72-68(39-31-58-33-41-70(66)74(56)76(58)72)64-27-21-48-7-2-4-9-60(48)46-64/h1-46H. The predicted molar refractivity (Wildman–Crippen MR) is 327 cm³/mol. The van der Waals surface area contributed by atoms with Gasteiger partial charge in [-0.2, -0.15) is 0 Å². The van der Waals surface area contributed by atoms with Crippen molar-refractivity contribution in [2.75, 3.05) is 0 Å². The molecule has 0 spiro atoms. The third-order valence-corrected chi connectivity index (χ3v) is 16.6. The molecular weight excluding hydrogens is 913 g/mol. The summed E-state index contributed by atoms with van der Waals surface area (Å²) in [4.78, 5) is 0. The lowest BCUT2D eigenvalue weighted by atomic mass is 9.87. The van der Waals surface area contributed by atoms with Crippen LogP contribution >= 0.6 is 0 Å². The van der Waals surface area contributed by atoms with Gasteiger partial charge >= 0.3 is 0 Å². The van der Waals surface area contributed by atoms with Crippen LogP contribution in [0.4, 0.5) is 0 Å². The van der Waals surface area contributed by atoms with Crippen molar-refractivity contribution in [1.82, 2.24) is 0 Å². The predicted octanol–water partition coefficient (Wildman–Crippen LogP) is 21.5. The highest BCUT2D eigenvalue weighted by atomic mass is 14.2. The molecule has 0 nitrogen and oxygen atoms in total. The Morgan fingerprint density at radius 3 is 0.750 bits per heavy atom. The maximum Gasteiger partial charge on any atom is -0.00203 e. The normalized spacial score (nSPS) is 11.9. The molecule has 0 heterocycles. The molecule has 0 N–H and O–H groups in total. The van der Waals surface area contributed by atoms with Gasteiger partial charge < -0.3 is 0 Å². The maximum absolute atomic E-state index is 2.33. The number of fused-ring (bicyclic) bond motifs is 2. The summed E-state index contributed by atoms with van der Waals surface area (Å²) in [7, 11) is 0. The quantitative estimate of drug-likeness (QED) is 0.140. The molecule has 350 valence electrons. The van der Waals surface area contributed by atoms with E-state index >= 15 is 0 Å². The molecule has 16 aromatic rings. The Bertz CT molecular complexity index is 4940. The van der Waals surface area contributed by atoms with Crippen molar-refractivity contribution >= 4 is 86.2 Å². The van der Waals surface area contributed by atoms with Gasteiger partial charge in [0.15, 0.2) is 0 Å². The lowest BCUT2D eigenvalue weighted by molar-refractivity contribution is 1.57. The number of rotatable bonds is 7. The van der Waals surface area contributed by atoms with Crippen LogP contribution in [0.5, 0.6) is 0 Å². The molecule has 0 atom stereocenters. The zero-order valence-corrected chi connectivity index (χ0v) is 41.6. The largest absolute Gasteiger partial charge is 0.0616 e. The van der Waals surface area contributed by atoms with Gasteiger partial charge in [0.05, 0.1) is 0 Å². The van der Waals surface area contributed by atoms with Gasteiger partial charge in [-0.15, -0.1) is 0 Å². The Hall–Kier alpha value is -9.88. The van der Waals surface area contributed by atoms with Crippen LogP contribution in [0, 0.1) is 0 Å². The third-order valence-electron chi connectivity index (χ3n) is 16.6. The van der Waals surface area contributed by atoms with Gasteiger partial charge in [0.2, 0.25) is 0 Å². The third kappa shape index (κ3) is 6.78. The smallest absolute Gasteiger partial charge is 0.00203 e. The Morgan fingerprint density at radius 1 is 0.132 bits per heavy atom. The van der Waals surface area contributed by atoms with E-state index < -0.39 is 0 Å². The van der Waals surface area contributed by atoms with Crippen molar-refractivity contribution in [3.8, 4) is 77.9 Å². The fraction of sp³-hybridized carbons (Fsp3) is 0. The highest BCUT2D eigenvalue weighted by Gasteiger charge is 2.18. The lowest BCUT2D eigenvalue weighted by Gasteiger charge is -2.17. The van der Waals surface area contributed by atoms with Crippen LogP contribution in [0.15, 0.2) is 279 Å². The summed E-state index contributed by atoms with van der Waals surface area (Å²) in [6.07, 6.45) is 0. The van der Waals surface area contributed by atoms with Gasteiger partial charge in [0.1, 0.15) is 0 Å². The molecule has 0 aliphatic heterocycles. The molecule has 0 heteroatoms. The van der Waals surface area contributed by atoms with Crippen molar-refractivity contribution in [1.29, 1.82) is 0 Å². The maximum atomic E-state index is 2.33. The summed E-state index contributed by atoms with van der Waals surface area (Å²) < 4.78 is 0. The second kappa shape index (κ2) is 16.8. The van der Waals surface area contributed by atoms with Gasteiger partial charge in [-0.05, 0) is 182 Å². The van der Waals surface area contributed by atoms with Crippen LogP contribution in [-0.4, -0.2) is 0 Å². The zero-order chi connectivity index (χ0) is 49.8. The van der Waals surface area contributed by atoms with Gasteiger partial charge in [-0.25, -0.2) is 0 Å². The SMILES string of the molecule is c1cc(-c2ccc(-c3ccc(-c4ccc5ccc6c(-c7ccc8ccccc8c7)ccc7ccc4c5c76)cc3)cc2)cc(-c2ccc(-c3ccc4ccc5c(-c6ccc7ccccc7c6)ccc6ccc3c4c65)cc2)c1. The van der Waals surface area contributed by atoms with E-state index in [0.29, 0.717) is 0 Å². The summed E-state index contributed by atoms with van der Waals surface area (Å²) in [5.41, 5.74) is 17.2. The lowest BCUT2D eigenvalue weighted by Crippen LogP contribution is -1.90. The molecule has 0 aromatic heterocycles. The minimum atomic E-state index is 1.20. The molecule has 0 fully saturated rings. The Labute approximate surface area is 440 Å².